The van der Waals surface area contributed by atoms with Crippen molar-refractivity contribution in [2.24, 2.45) is 0 Å². The van der Waals surface area contributed by atoms with Gasteiger partial charge in [0.1, 0.15) is 17.3 Å². The Bertz CT molecular complexity index is 438. The van der Waals surface area contributed by atoms with Crippen LogP contribution in [0.5, 0.6) is 0 Å². The molecule has 0 aromatic carbocycles. The Kier molecular flexibility index (Phi) is 3.83. The number of carbonyl (C=O) groups excluding carboxylic acids is 1. The van der Waals surface area contributed by atoms with E-state index in [9.17, 15) is 4.79 Å². The van der Waals surface area contributed by atoms with Crippen LogP contribution in [0.15, 0.2) is 10.8 Å². The van der Waals surface area contributed by atoms with Crippen molar-refractivity contribution in [2.75, 3.05) is 18.5 Å². The van der Waals surface area contributed by atoms with Crippen LogP contribution in [0.4, 0.5) is 5.82 Å². The maximum atomic E-state index is 11.6. The second-order valence-electron chi connectivity index (χ2n) is 4.00. The Hall–Kier alpha value is -0.880. The van der Waals surface area contributed by atoms with Gasteiger partial charge in [0.2, 0.25) is 5.91 Å². The first-order valence-corrected chi connectivity index (χ1v) is 6.41. The van der Waals surface area contributed by atoms with E-state index in [0.717, 1.165) is 12.8 Å². The van der Waals surface area contributed by atoms with E-state index in [-0.39, 0.29) is 12.5 Å². The Morgan fingerprint density at radius 2 is 2.35 bits per heavy atom. The van der Waals surface area contributed by atoms with Gasteiger partial charge in [-0.1, -0.05) is 11.6 Å². The molecule has 1 saturated carbocycles. The number of rotatable bonds is 4. The highest BCUT2D eigenvalue weighted by Gasteiger charge is 2.24. The number of amides is 1. The molecule has 1 aromatic heterocycles. The van der Waals surface area contributed by atoms with Crippen molar-refractivity contribution in [3.63, 3.8) is 0 Å². The lowest BCUT2D eigenvalue weighted by molar-refractivity contribution is -0.119. The number of hydrogen-bond acceptors (Lipinski definition) is 4. The van der Waals surface area contributed by atoms with Crippen molar-refractivity contribution >= 4 is 39.3 Å². The summed E-state index contributed by atoms with van der Waals surface area (Å²) < 4.78 is 0.600. The van der Waals surface area contributed by atoms with Crippen molar-refractivity contribution in [1.29, 1.82) is 0 Å². The SMILES string of the molecule is CN(CC(=O)NC1CC1)c1ncnc(Cl)c1Br. The first-order valence-electron chi connectivity index (χ1n) is 5.24. The number of likely N-dealkylation sites (N-methyl/N-ethyl adjacent to an activating group) is 1. The number of nitrogens with zero attached hydrogens (tertiary/aromatic N) is 3. The van der Waals surface area contributed by atoms with Gasteiger partial charge in [0.05, 0.1) is 11.0 Å². The summed E-state index contributed by atoms with van der Waals surface area (Å²) in [5, 5.41) is 3.25. The van der Waals surface area contributed by atoms with Gasteiger partial charge in [-0.15, -0.1) is 0 Å². The summed E-state index contributed by atoms with van der Waals surface area (Å²) in [6.45, 7) is 0.252. The molecular formula is C10H12BrClN4O. The van der Waals surface area contributed by atoms with Gasteiger partial charge in [-0.25, -0.2) is 9.97 Å². The third-order valence-electron chi connectivity index (χ3n) is 2.41. The predicted molar refractivity (Wildman–Crippen MR) is 69.2 cm³/mol. The lowest BCUT2D eigenvalue weighted by Gasteiger charge is -2.18. The fraction of sp³-hybridized carbons (Fsp3) is 0.500. The minimum atomic E-state index is -0.00312. The van der Waals surface area contributed by atoms with E-state index in [1.165, 1.54) is 6.33 Å². The Morgan fingerprint density at radius 1 is 1.65 bits per heavy atom. The van der Waals surface area contributed by atoms with Crippen molar-refractivity contribution in [2.45, 2.75) is 18.9 Å². The second-order valence-corrected chi connectivity index (χ2v) is 5.15. The molecule has 1 N–H and O–H groups in total. The van der Waals surface area contributed by atoms with E-state index in [0.29, 0.717) is 21.5 Å². The van der Waals surface area contributed by atoms with Crippen molar-refractivity contribution < 1.29 is 4.79 Å². The monoisotopic (exact) mass is 318 g/mol. The molecule has 1 amide bonds. The van der Waals surface area contributed by atoms with E-state index < -0.39 is 0 Å². The summed E-state index contributed by atoms with van der Waals surface area (Å²) in [6.07, 6.45) is 3.54. The summed E-state index contributed by atoms with van der Waals surface area (Å²) in [4.78, 5) is 21.3. The molecule has 0 aliphatic heterocycles. The maximum Gasteiger partial charge on any atom is 0.239 e. The molecule has 1 aromatic rings. The number of anilines is 1. The van der Waals surface area contributed by atoms with Crippen LogP contribution < -0.4 is 10.2 Å². The number of carbonyl (C=O) groups is 1. The fourth-order valence-corrected chi connectivity index (χ4v) is 2.03. The summed E-state index contributed by atoms with van der Waals surface area (Å²) in [5.74, 6) is 0.604. The molecule has 17 heavy (non-hydrogen) atoms. The van der Waals surface area contributed by atoms with Crippen LogP contribution in [0, 0.1) is 0 Å². The number of halogens is 2. The zero-order valence-electron chi connectivity index (χ0n) is 9.28. The van der Waals surface area contributed by atoms with Gasteiger partial charge in [0.15, 0.2) is 0 Å². The molecule has 0 saturated heterocycles. The van der Waals surface area contributed by atoms with E-state index >= 15 is 0 Å². The van der Waals surface area contributed by atoms with Gasteiger partial charge >= 0.3 is 0 Å². The van der Waals surface area contributed by atoms with Crippen LogP contribution in [0.2, 0.25) is 5.15 Å². The highest BCUT2D eigenvalue weighted by Crippen LogP contribution is 2.28. The molecular weight excluding hydrogens is 307 g/mol. The third kappa shape index (κ3) is 3.29. The average molecular weight is 320 g/mol. The molecule has 0 unspecified atom stereocenters. The van der Waals surface area contributed by atoms with E-state index in [2.05, 4.69) is 31.2 Å². The van der Waals surface area contributed by atoms with Gasteiger partial charge in [0, 0.05) is 13.1 Å². The predicted octanol–water partition coefficient (Wildman–Crippen LogP) is 1.61. The molecule has 1 aliphatic carbocycles. The van der Waals surface area contributed by atoms with Gasteiger partial charge in [-0.3, -0.25) is 4.79 Å². The molecule has 1 heterocycles. The van der Waals surface area contributed by atoms with Gasteiger partial charge in [-0.2, -0.15) is 0 Å². The van der Waals surface area contributed by atoms with Gasteiger partial charge in [0.25, 0.3) is 0 Å². The quantitative estimate of drug-likeness (QED) is 0.857. The smallest absolute Gasteiger partial charge is 0.239 e. The minimum Gasteiger partial charge on any atom is -0.352 e. The molecule has 0 spiro atoms. The molecule has 1 fully saturated rings. The number of nitrogens with one attached hydrogen (secondary N) is 1. The Labute approximate surface area is 113 Å². The Morgan fingerprint density at radius 3 is 3.00 bits per heavy atom. The van der Waals surface area contributed by atoms with Crippen LogP contribution in [0.1, 0.15) is 12.8 Å². The molecule has 92 valence electrons. The molecule has 0 radical (unpaired) electrons. The van der Waals surface area contributed by atoms with Crippen molar-refractivity contribution in [3.8, 4) is 0 Å². The summed E-state index contributed by atoms with van der Waals surface area (Å²) >= 11 is 9.17. The topological polar surface area (TPSA) is 58.1 Å². The lowest BCUT2D eigenvalue weighted by Crippen LogP contribution is -2.36. The summed E-state index contributed by atoms with van der Waals surface area (Å²) in [5.41, 5.74) is 0. The number of hydrogen-bond donors (Lipinski definition) is 1. The third-order valence-corrected chi connectivity index (χ3v) is 3.66. The molecule has 0 bridgehead atoms. The van der Waals surface area contributed by atoms with Crippen molar-refractivity contribution in [1.82, 2.24) is 15.3 Å². The fourth-order valence-electron chi connectivity index (χ4n) is 1.40. The van der Waals surface area contributed by atoms with Crippen LogP contribution in [-0.2, 0) is 4.79 Å². The summed E-state index contributed by atoms with van der Waals surface area (Å²) in [6, 6.07) is 0.369. The zero-order chi connectivity index (χ0) is 12.4. The summed E-state index contributed by atoms with van der Waals surface area (Å²) in [7, 11) is 1.79. The van der Waals surface area contributed by atoms with E-state index in [4.69, 9.17) is 11.6 Å². The molecule has 2 rings (SSSR count). The highest BCUT2D eigenvalue weighted by atomic mass is 79.9. The minimum absolute atomic E-state index is 0.00312. The molecule has 1 aliphatic rings. The maximum absolute atomic E-state index is 11.6. The van der Waals surface area contributed by atoms with E-state index in [1.807, 2.05) is 0 Å². The highest BCUT2D eigenvalue weighted by molar-refractivity contribution is 9.10. The van der Waals surface area contributed by atoms with Gasteiger partial charge in [-0.05, 0) is 28.8 Å². The van der Waals surface area contributed by atoms with Crippen LogP contribution in [0.25, 0.3) is 0 Å². The number of aromatic nitrogens is 2. The first-order chi connectivity index (χ1) is 8.08. The normalized spacial score (nSPS) is 14.5. The standard InChI is InChI=1S/C10H12BrClN4O/c1-16(4-7(17)15-6-2-3-6)10-8(11)9(12)13-5-14-10/h5-6H,2-4H2,1H3,(H,15,17). The van der Waals surface area contributed by atoms with Crippen molar-refractivity contribution in [3.05, 3.63) is 16.0 Å². The largest absolute Gasteiger partial charge is 0.352 e. The first kappa shape index (κ1) is 12.6. The average Bonchev–Trinajstić information content (AvgIpc) is 3.05. The zero-order valence-corrected chi connectivity index (χ0v) is 11.6. The van der Waals surface area contributed by atoms with Crippen LogP contribution in [0.3, 0.4) is 0 Å². The molecule has 0 atom stereocenters. The molecule has 5 nitrogen and oxygen atoms in total. The van der Waals surface area contributed by atoms with Crippen LogP contribution in [-0.4, -0.2) is 35.5 Å². The van der Waals surface area contributed by atoms with Gasteiger partial charge < -0.3 is 10.2 Å². The lowest BCUT2D eigenvalue weighted by atomic mass is 10.4. The molecule has 7 heteroatoms. The van der Waals surface area contributed by atoms with E-state index in [1.54, 1.807) is 11.9 Å². The second kappa shape index (κ2) is 5.18. The Balaban J connectivity index is 2.00. The van der Waals surface area contributed by atoms with Crippen LogP contribution >= 0.6 is 27.5 Å².